The first-order valence-electron chi connectivity index (χ1n) is 3.67. The average molecular weight is 244 g/mol. The summed E-state index contributed by atoms with van der Waals surface area (Å²) in [5.41, 5.74) is 6.78. The fraction of sp³-hybridized carbons (Fsp3) is 0.125. The molecule has 5 heteroatoms. The minimum Gasteiger partial charge on any atom is -0.397 e. The van der Waals surface area contributed by atoms with Gasteiger partial charge in [0.1, 0.15) is 0 Å². The molecule has 0 saturated carbocycles. The van der Waals surface area contributed by atoms with Gasteiger partial charge in [0.15, 0.2) is 0 Å². The monoisotopic (exact) mass is 243 g/mol. The van der Waals surface area contributed by atoms with Crippen molar-refractivity contribution in [3.05, 3.63) is 22.7 Å². The van der Waals surface area contributed by atoms with Gasteiger partial charge >= 0.3 is 6.03 Å². The van der Waals surface area contributed by atoms with Crippen LogP contribution in [-0.2, 0) is 0 Å². The molecule has 0 saturated heterocycles. The number of nitrogens with one attached hydrogen (secondary N) is 2. The number of halogens is 1. The van der Waals surface area contributed by atoms with Crippen molar-refractivity contribution in [2.75, 3.05) is 18.1 Å². The van der Waals surface area contributed by atoms with E-state index in [4.69, 9.17) is 5.73 Å². The van der Waals surface area contributed by atoms with Crippen LogP contribution in [0, 0.1) is 0 Å². The molecule has 0 aliphatic rings. The third kappa shape index (κ3) is 2.62. The molecule has 1 rings (SSSR count). The van der Waals surface area contributed by atoms with Crippen LogP contribution in [0.4, 0.5) is 16.2 Å². The number of rotatable bonds is 1. The molecule has 0 aromatic heterocycles. The Labute approximate surface area is 84.6 Å². The van der Waals surface area contributed by atoms with Crippen molar-refractivity contribution >= 4 is 33.3 Å². The smallest absolute Gasteiger partial charge is 0.319 e. The summed E-state index contributed by atoms with van der Waals surface area (Å²) in [4.78, 5) is 10.9. The van der Waals surface area contributed by atoms with Crippen molar-refractivity contribution in [1.29, 1.82) is 0 Å². The van der Waals surface area contributed by atoms with Gasteiger partial charge in [0.25, 0.3) is 0 Å². The molecule has 0 bridgehead atoms. The summed E-state index contributed by atoms with van der Waals surface area (Å²) in [6.07, 6.45) is 0. The fourth-order valence-corrected chi connectivity index (χ4v) is 1.21. The van der Waals surface area contributed by atoms with Crippen LogP contribution in [-0.4, -0.2) is 13.1 Å². The molecule has 0 radical (unpaired) electrons. The van der Waals surface area contributed by atoms with Crippen LogP contribution in [0.15, 0.2) is 22.7 Å². The fourth-order valence-electron chi connectivity index (χ4n) is 0.832. The second-order valence-electron chi connectivity index (χ2n) is 2.44. The third-order valence-electron chi connectivity index (χ3n) is 1.49. The van der Waals surface area contributed by atoms with Crippen LogP contribution in [0.1, 0.15) is 0 Å². The highest BCUT2D eigenvalue weighted by Gasteiger charge is 2.02. The Morgan fingerprint density at radius 1 is 1.54 bits per heavy atom. The summed E-state index contributed by atoms with van der Waals surface area (Å²) >= 11 is 3.27. The highest BCUT2D eigenvalue weighted by Crippen LogP contribution is 2.22. The van der Waals surface area contributed by atoms with Gasteiger partial charge in [0.2, 0.25) is 0 Å². The van der Waals surface area contributed by atoms with E-state index < -0.39 is 0 Å². The number of carbonyl (C=O) groups excluding carboxylic acids is 1. The van der Waals surface area contributed by atoms with E-state index in [1.807, 2.05) is 6.07 Å². The van der Waals surface area contributed by atoms with Gasteiger partial charge in [-0.2, -0.15) is 0 Å². The van der Waals surface area contributed by atoms with E-state index in [-0.39, 0.29) is 6.03 Å². The maximum absolute atomic E-state index is 10.9. The van der Waals surface area contributed by atoms with Crippen molar-refractivity contribution in [2.24, 2.45) is 0 Å². The molecule has 0 atom stereocenters. The Morgan fingerprint density at radius 2 is 2.23 bits per heavy atom. The quantitative estimate of drug-likeness (QED) is 0.659. The Kier molecular flexibility index (Phi) is 3.13. The first-order valence-corrected chi connectivity index (χ1v) is 4.46. The van der Waals surface area contributed by atoms with E-state index in [0.29, 0.717) is 11.4 Å². The lowest BCUT2D eigenvalue weighted by Crippen LogP contribution is -2.24. The largest absolute Gasteiger partial charge is 0.397 e. The molecule has 0 spiro atoms. The number of carbonyl (C=O) groups is 1. The van der Waals surface area contributed by atoms with Gasteiger partial charge in [-0.15, -0.1) is 0 Å². The molecule has 1 aromatic rings. The minimum absolute atomic E-state index is 0.283. The van der Waals surface area contributed by atoms with Gasteiger partial charge in [-0.05, 0) is 18.2 Å². The van der Waals surface area contributed by atoms with E-state index in [2.05, 4.69) is 26.6 Å². The first kappa shape index (κ1) is 9.85. The van der Waals surface area contributed by atoms with Crippen molar-refractivity contribution < 1.29 is 4.79 Å². The lowest BCUT2D eigenvalue weighted by Gasteiger charge is -2.07. The molecule has 4 nitrogen and oxygen atoms in total. The molecule has 4 N–H and O–H groups in total. The highest BCUT2D eigenvalue weighted by molar-refractivity contribution is 9.10. The molecule has 0 unspecified atom stereocenters. The zero-order valence-electron chi connectivity index (χ0n) is 7.10. The zero-order chi connectivity index (χ0) is 9.84. The number of nitrogen functional groups attached to an aromatic ring is 1. The minimum atomic E-state index is -0.283. The number of amides is 2. The lowest BCUT2D eigenvalue weighted by molar-refractivity contribution is 0.254. The summed E-state index contributed by atoms with van der Waals surface area (Å²) in [5.74, 6) is 0. The van der Waals surface area contributed by atoms with Gasteiger partial charge in [0, 0.05) is 11.5 Å². The lowest BCUT2D eigenvalue weighted by atomic mass is 10.3. The Morgan fingerprint density at radius 3 is 2.77 bits per heavy atom. The molecule has 70 valence electrons. The standard InChI is InChI=1S/C8H10BrN3O/c1-11-8(13)12-7-3-2-5(9)4-6(7)10/h2-4H,10H2,1H3,(H2,11,12,13). The van der Waals surface area contributed by atoms with Crippen LogP contribution in [0.5, 0.6) is 0 Å². The molecular formula is C8H10BrN3O. The Balaban J connectivity index is 2.83. The topological polar surface area (TPSA) is 67.2 Å². The molecule has 0 aliphatic heterocycles. The second-order valence-corrected chi connectivity index (χ2v) is 3.35. The summed E-state index contributed by atoms with van der Waals surface area (Å²) in [7, 11) is 1.55. The predicted molar refractivity (Wildman–Crippen MR) is 56.6 cm³/mol. The molecule has 13 heavy (non-hydrogen) atoms. The van der Waals surface area contributed by atoms with Gasteiger partial charge < -0.3 is 16.4 Å². The zero-order valence-corrected chi connectivity index (χ0v) is 8.68. The summed E-state index contributed by atoms with van der Waals surface area (Å²) in [5, 5.41) is 5.03. The van der Waals surface area contributed by atoms with E-state index in [0.717, 1.165) is 4.47 Å². The first-order chi connectivity index (χ1) is 6.13. The molecule has 0 heterocycles. The van der Waals surface area contributed by atoms with Crippen molar-refractivity contribution in [3.8, 4) is 0 Å². The van der Waals surface area contributed by atoms with Crippen LogP contribution in [0.25, 0.3) is 0 Å². The van der Waals surface area contributed by atoms with Crippen molar-refractivity contribution in [1.82, 2.24) is 5.32 Å². The van der Waals surface area contributed by atoms with Crippen LogP contribution in [0.3, 0.4) is 0 Å². The van der Waals surface area contributed by atoms with Gasteiger partial charge in [-0.1, -0.05) is 15.9 Å². The molecule has 2 amide bonds. The summed E-state index contributed by atoms with van der Waals surface area (Å²) in [6, 6.07) is 4.98. The maximum atomic E-state index is 10.9. The Bertz CT molecular complexity index is 327. The van der Waals surface area contributed by atoms with E-state index >= 15 is 0 Å². The maximum Gasteiger partial charge on any atom is 0.319 e. The summed E-state index contributed by atoms with van der Waals surface area (Å²) < 4.78 is 0.882. The SMILES string of the molecule is CNC(=O)Nc1ccc(Br)cc1N. The number of anilines is 2. The number of benzene rings is 1. The average Bonchev–Trinajstić information content (AvgIpc) is 2.09. The van der Waals surface area contributed by atoms with Gasteiger partial charge in [-0.25, -0.2) is 4.79 Å². The summed E-state index contributed by atoms with van der Waals surface area (Å²) in [6.45, 7) is 0. The molecule has 1 aromatic carbocycles. The van der Waals surface area contributed by atoms with E-state index in [1.54, 1.807) is 19.2 Å². The molecule has 0 fully saturated rings. The third-order valence-corrected chi connectivity index (χ3v) is 1.98. The van der Waals surface area contributed by atoms with Crippen LogP contribution in [0.2, 0.25) is 0 Å². The molecular weight excluding hydrogens is 234 g/mol. The number of hydrogen-bond acceptors (Lipinski definition) is 2. The normalized spacial score (nSPS) is 9.38. The number of hydrogen-bond donors (Lipinski definition) is 3. The number of urea groups is 1. The molecule has 0 aliphatic carbocycles. The van der Waals surface area contributed by atoms with E-state index in [9.17, 15) is 4.79 Å². The highest BCUT2D eigenvalue weighted by atomic mass is 79.9. The van der Waals surface area contributed by atoms with Crippen molar-refractivity contribution in [3.63, 3.8) is 0 Å². The van der Waals surface area contributed by atoms with E-state index in [1.165, 1.54) is 0 Å². The van der Waals surface area contributed by atoms with Crippen LogP contribution >= 0.6 is 15.9 Å². The van der Waals surface area contributed by atoms with Gasteiger partial charge in [-0.3, -0.25) is 0 Å². The second kappa shape index (κ2) is 4.13. The number of nitrogens with two attached hydrogens (primary N) is 1. The van der Waals surface area contributed by atoms with Gasteiger partial charge in [0.05, 0.1) is 11.4 Å². The predicted octanol–water partition coefficient (Wildman–Crippen LogP) is 1.78. The van der Waals surface area contributed by atoms with Crippen LogP contribution < -0.4 is 16.4 Å². The van der Waals surface area contributed by atoms with Crippen molar-refractivity contribution in [2.45, 2.75) is 0 Å². The Hall–Kier alpha value is -1.23.